The van der Waals surface area contributed by atoms with Crippen LogP contribution in [-0.2, 0) is 0 Å². The quantitative estimate of drug-likeness (QED) is 0.736. The van der Waals surface area contributed by atoms with Crippen molar-refractivity contribution >= 4 is 17.4 Å². The van der Waals surface area contributed by atoms with Crippen molar-refractivity contribution in [3.05, 3.63) is 58.9 Å². The summed E-state index contributed by atoms with van der Waals surface area (Å²) >= 11 is 5.87. The molecule has 0 aliphatic carbocycles. The first-order valence-corrected chi connectivity index (χ1v) is 6.81. The zero-order valence-corrected chi connectivity index (χ0v) is 12.1. The van der Waals surface area contributed by atoms with E-state index in [-0.39, 0.29) is 10.8 Å². The largest absolute Gasteiger partial charge is 0.382 e. The third-order valence-corrected chi connectivity index (χ3v) is 3.72. The fourth-order valence-corrected chi connectivity index (χ4v) is 2.55. The minimum absolute atomic E-state index is 0.0591. The van der Waals surface area contributed by atoms with Gasteiger partial charge in [-0.25, -0.2) is 4.39 Å². The van der Waals surface area contributed by atoms with Crippen LogP contribution in [0.4, 0.5) is 10.2 Å². The third-order valence-electron chi connectivity index (χ3n) is 3.43. The highest BCUT2D eigenvalue weighted by molar-refractivity contribution is 6.31. The molecule has 3 rings (SSSR count). The number of halogens is 2. The number of aromatic nitrogens is 2. The van der Waals surface area contributed by atoms with E-state index in [2.05, 4.69) is 10.2 Å². The second kappa shape index (κ2) is 5.22. The number of anilines is 1. The topological polar surface area (TPSA) is 54.7 Å². The highest BCUT2D eigenvalue weighted by Crippen LogP contribution is 2.38. The summed E-state index contributed by atoms with van der Waals surface area (Å²) in [5, 5.41) is 6.97. The number of rotatable bonds is 2. The molecule has 0 spiro atoms. The lowest BCUT2D eigenvalue weighted by molar-refractivity contribution is 0.632. The Morgan fingerprint density at radius 2 is 1.81 bits per heavy atom. The van der Waals surface area contributed by atoms with Crippen LogP contribution in [-0.4, -0.2) is 10.2 Å². The lowest BCUT2D eigenvalue weighted by Crippen LogP contribution is -1.93. The van der Waals surface area contributed by atoms with Gasteiger partial charge >= 0.3 is 0 Å². The van der Waals surface area contributed by atoms with Crippen LogP contribution in [0.5, 0.6) is 0 Å². The Morgan fingerprint density at radius 3 is 2.57 bits per heavy atom. The van der Waals surface area contributed by atoms with E-state index in [1.54, 1.807) is 12.1 Å². The number of hydrogen-bond acceptors (Lipinski definition) is 2. The molecule has 3 nitrogen and oxygen atoms in total. The van der Waals surface area contributed by atoms with Crippen molar-refractivity contribution in [1.82, 2.24) is 10.2 Å². The fraction of sp³-hybridized carbons (Fsp3) is 0.0625. The number of aromatic amines is 1. The van der Waals surface area contributed by atoms with Crippen molar-refractivity contribution in [3.63, 3.8) is 0 Å². The first-order valence-electron chi connectivity index (χ1n) is 6.44. The number of nitrogens with one attached hydrogen (secondary N) is 1. The van der Waals surface area contributed by atoms with Crippen LogP contribution in [0.15, 0.2) is 42.5 Å². The van der Waals surface area contributed by atoms with Gasteiger partial charge in [0.05, 0.1) is 16.3 Å². The molecule has 5 heteroatoms. The molecular formula is C16H13ClFN3. The second-order valence-electron chi connectivity index (χ2n) is 4.78. The van der Waals surface area contributed by atoms with E-state index in [1.807, 2.05) is 31.2 Å². The zero-order chi connectivity index (χ0) is 15.0. The molecule has 0 radical (unpaired) electrons. The van der Waals surface area contributed by atoms with Crippen LogP contribution in [0, 0.1) is 12.7 Å². The predicted octanol–water partition coefficient (Wildman–Crippen LogP) is 4.43. The Balaban J connectivity index is 2.28. The number of hydrogen-bond donors (Lipinski definition) is 2. The van der Waals surface area contributed by atoms with E-state index in [9.17, 15) is 4.39 Å². The number of H-pyrrole nitrogens is 1. The van der Waals surface area contributed by atoms with Gasteiger partial charge in [-0.3, -0.25) is 5.10 Å². The van der Waals surface area contributed by atoms with E-state index >= 15 is 0 Å². The maximum atomic E-state index is 14.3. The lowest BCUT2D eigenvalue weighted by atomic mass is 9.97. The maximum Gasteiger partial charge on any atom is 0.153 e. The molecule has 0 aliphatic heterocycles. The lowest BCUT2D eigenvalue weighted by Gasteiger charge is -2.09. The van der Waals surface area contributed by atoms with Crippen molar-refractivity contribution in [3.8, 4) is 22.4 Å². The Bertz CT molecular complexity index is 811. The molecule has 0 saturated carbocycles. The van der Waals surface area contributed by atoms with Crippen LogP contribution >= 0.6 is 11.6 Å². The van der Waals surface area contributed by atoms with Crippen molar-refractivity contribution in [2.75, 3.05) is 5.73 Å². The smallest absolute Gasteiger partial charge is 0.153 e. The van der Waals surface area contributed by atoms with Gasteiger partial charge < -0.3 is 5.73 Å². The van der Waals surface area contributed by atoms with E-state index in [1.165, 1.54) is 6.07 Å². The van der Waals surface area contributed by atoms with Gasteiger partial charge in [-0.05, 0) is 18.6 Å². The Kier molecular flexibility index (Phi) is 3.39. The van der Waals surface area contributed by atoms with Crippen LogP contribution in [0.3, 0.4) is 0 Å². The van der Waals surface area contributed by atoms with Crippen molar-refractivity contribution in [2.24, 2.45) is 0 Å². The SMILES string of the molecule is Cc1ccccc1-c1[nH]nc(N)c1-c1cccc(Cl)c1F. The van der Waals surface area contributed by atoms with E-state index in [0.29, 0.717) is 16.8 Å². The first-order chi connectivity index (χ1) is 10.1. The molecule has 21 heavy (non-hydrogen) atoms. The molecule has 0 aliphatic rings. The summed E-state index contributed by atoms with van der Waals surface area (Å²) in [5.41, 5.74) is 9.46. The molecule has 1 heterocycles. The summed E-state index contributed by atoms with van der Waals surface area (Å²) in [6.45, 7) is 1.98. The number of nitrogens with zero attached hydrogens (tertiary/aromatic N) is 1. The van der Waals surface area contributed by atoms with E-state index in [4.69, 9.17) is 17.3 Å². The molecule has 0 bridgehead atoms. The molecule has 0 fully saturated rings. The number of benzene rings is 2. The first kappa shape index (κ1) is 13.6. The Morgan fingerprint density at radius 1 is 1.10 bits per heavy atom. The van der Waals surface area contributed by atoms with Crippen LogP contribution in [0.2, 0.25) is 5.02 Å². The summed E-state index contributed by atoms with van der Waals surface area (Å²) < 4.78 is 14.3. The van der Waals surface area contributed by atoms with Gasteiger partial charge in [0.15, 0.2) is 5.82 Å². The molecule has 3 aromatic rings. The number of nitrogens with two attached hydrogens (primary N) is 1. The van der Waals surface area contributed by atoms with Gasteiger partial charge in [0.1, 0.15) is 5.82 Å². The molecule has 0 saturated heterocycles. The van der Waals surface area contributed by atoms with Crippen LogP contribution in [0.25, 0.3) is 22.4 Å². The average molecular weight is 302 g/mol. The molecule has 0 unspecified atom stereocenters. The van der Waals surface area contributed by atoms with E-state index < -0.39 is 5.82 Å². The molecule has 2 aromatic carbocycles. The van der Waals surface area contributed by atoms with Gasteiger partial charge in [-0.15, -0.1) is 0 Å². The maximum absolute atomic E-state index is 14.3. The fourth-order valence-electron chi connectivity index (χ4n) is 2.37. The number of nitrogen functional groups attached to an aromatic ring is 1. The van der Waals surface area contributed by atoms with Crippen molar-refractivity contribution in [1.29, 1.82) is 0 Å². The Labute approximate surface area is 126 Å². The second-order valence-corrected chi connectivity index (χ2v) is 5.18. The van der Waals surface area contributed by atoms with Gasteiger partial charge in [-0.1, -0.05) is 48.0 Å². The standard InChI is InChI=1S/C16H13ClFN3/c1-9-5-2-3-6-10(9)15-13(16(19)21-20-15)11-7-4-8-12(17)14(11)18/h2-8H,1H3,(H3,19,20,21). The molecule has 3 N–H and O–H groups in total. The summed E-state index contributed by atoms with van der Waals surface area (Å²) in [6.07, 6.45) is 0. The van der Waals surface area contributed by atoms with Crippen LogP contribution < -0.4 is 5.73 Å². The highest BCUT2D eigenvalue weighted by atomic mass is 35.5. The van der Waals surface area contributed by atoms with Crippen molar-refractivity contribution in [2.45, 2.75) is 6.92 Å². The summed E-state index contributed by atoms with van der Waals surface area (Å²) in [5.74, 6) is -0.253. The van der Waals surface area contributed by atoms with Gasteiger partial charge in [0, 0.05) is 11.1 Å². The molecule has 0 atom stereocenters. The Hall–Kier alpha value is -2.33. The normalized spacial score (nSPS) is 10.8. The molecular weight excluding hydrogens is 289 g/mol. The average Bonchev–Trinajstić information content (AvgIpc) is 2.84. The summed E-state index contributed by atoms with van der Waals surface area (Å²) in [6, 6.07) is 12.6. The van der Waals surface area contributed by atoms with Crippen LogP contribution in [0.1, 0.15) is 5.56 Å². The van der Waals surface area contributed by atoms with Gasteiger partial charge in [0.2, 0.25) is 0 Å². The predicted molar refractivity (Wildman–Crippen MR) is 83.6 cm³/mol. The number of aryl methyl sites for hydroxylation is 1. The highest BCUT2D eigenvalue weighted by Gasteiger charge is 2.19. The van der Waals surface area contributed by atoms with Gasteiger partial charge in [-0.2, -0.15) is 5.10 Å². The van der Waals surface area contributed by atoms with E-state index in [0.717, 1.165) is 11.1 Å². The third kappa shape index (κ3) is 2.28. The minimum atomic E-state index is -0.498. The molecule has 0 amide bonds. The summed E-state index contributed by atoms with van der Waals surface area (Å²) in [7, 11) is 0. The van der Waals surface area contributed by atoms with Gasteiger partial charge in [0.25, 0.3) is 0 Å². The monoisotopic (exact) mass is 301 g/mol. The zero-order valence-electron chi connectivity index (χ0n) is 11.3. The molecule has 106 valence electrons. The van der Waals surface area contributed by atoms with Crippen molar-refractivity contribution < 1.29 is 4.39 Å². The minimum Gasteiger partial charge on any atom is -0.382 e. The molecule has 1 aromatic heterocycles. The summed E-state index contributed by atoms with van der Waals surface area (Å²) in [4.78, 5) is 0.